The first-order valence-electron chi connectivity index (χ1n) is 6.65. The zero-order valence-corrected chi connectivity index (χ0v) is 12.9. The van der Waals surface area contributed by atoms with Crippen LogP contribution in [0.2, 0.25) is 0 Å². The van der Waals surface area contributed by atoms with E-state index in [-0.39, 0.29) is 0 Å². The molecule has 1 aromatic heterocycles. The van der Waals surface area contributed by atoms with Gasteiger partial charge in [-0.1, -0.05) is 19.1 Å². The van der Waals surface area contributed by atoms with Crippen LogP contribution in [0.25, 0.3) is 0 Å². The molecule has 0 saturated carbocycles. The van der Waals surface area contributed by atoms with Crippen molar-refractivity contribution in [2.45, 2.75) is 26.4 Å². The van der Waals surface area contributed by atoms with E-state index in [4.69, 9.17) is 17.0 Å². The fraction of sp³-hybridized carbons (Fsp3) is 0.429. The van der Waals surface area contributed by atoms with E-state index in [0.717, 1.165) is 31.2 Å². The van der Waals surface area contributed by atoms with Crippen molar-refractivity contribution in [3.05, 3.63) is 34.6 Å². The predicted molar refractivity (Wildman–Crippen MR) is 82.8 cm³/mol. The Morgan fingerprint density at radius 3 is 2.65 bits per heavy atom. The topological polar surface area (TPSA) is 46.1 Å². The lowest BCUT2D eigenvalue weighted by Gasteiger charge is -2.19. The molecule has 6 heteroatoms. The molecule has 0 fully saturated rings. The number of rotatable bonds is 6. The molecule has 0 bridgehead atoms. The standard InChI is InChI=1S/C14H20N4OS/c1-4-9-18-13(15-16-14(18)20)17(2)10-11-5-7-12(19-3)8-6-11/h5-8H,4,9-10H2,1-3H3,(H,16,20). The number of hydrogen-bond donors (Lipinski definition) is 1. The summed E-state index contributed by atoms with van der Waals surface area (Å²) in [6.45, 7) is 3.77. The molecule has 0 radical (unpaired) electrons. The van der Waals surface area contributed by atoms with Crippen LogP contribution in [-0.2, 0) is 13.1 Å². The van der Waals surface area contributed by atoms with E-state index >= 15 is 0 Å². The van der Waals surface area contributed by atoms with Crippen LogP contribution >= 0.6 is 12.2 Å². The summed E-state index contributed by atoms with van der Waals surface area (Å²) in [7, 11) is 3.69. The molecule has 20 heavy (non-hydrogen) atoms. The molecule has 0 aliphatic carbocycles. The molecule has 0 spiro atoms. The molecule has 5 nitrogen and oxygen atoms in total. The van der Waals surface area contributed by atoms with Gasteiger partial charge in [-0.2, -0.15) is 0 Å². The molecule has 0 aliphatic rings. The fourth-order valence-corrected chi connectivity index (χ4v) is 2.32. The summed E-state index contributed by atoms with van der Waals surface area (Å²) in [4.78, 5) is 2.09. The van der Waals surface area contributed by atoms with Crippen LogP contribution in [0.4, 0.5) is 5.95 Å². The van der Waals surface area contributed by atoms with Crippen LogP contribution < -0.4 is 9.64 Å². The lowest BCUT2D eigenvalue weighted by molar-refractivity contribution is 0.414. The van der Waals surface area contributed by atoms with Crippen molar-refractivity contribution in [2.24, 2.45) is 0 Å². The highest BCUT2D eigenvalue weighted by Gasteiger charge is 2.10. The number of nitrogens with zero attached hydrogens (tertiary/aromatic N) is 3. The Morgan fingerprint density at radius 1 is 1.35 bits per heavy atom. The monoisotopic (exact) mass is 292 g/mol. The Hall–Kier alpha value is -1.82. The Morgan fingerprint density at radius 2 is 2.05 bits per heavy atom. The highest BCUT2D eigenvalue weighted by atomic mass is 32.1. The fourth-order valence-electron chi connectivity index (χ4n) is 2.10. The van der Waals surface area contributed by atoms with Crippen LogP contribution in [0.3, 0.4) is 0 Å². The van der Waals surface area contributed by atoms with E-state index in [1.807, 2.05) is 23.7 Å². The number of H-pyrrole nitrogens is 1. The number of ether oxygens (including phenoxy) is 1. The van der Waals surface area contributed by atoms with Gasteiger partial charge in [0.15, 0.2) is 4.77 Å². The van der Waals surface area contributed by atoms with E-state index in [2.05, 4.69) is 34.2 Å². The highest BCUT2D eigenvalue weighted by molar-refractivity contribution is 7.71. The van der Waals surface area contributed by atoms with Gasteiger partial charge < -0.3 is 9.64 Å². The normalized spacial score (nSPS) is 10.6. The molecule has 0 aliphatic heterocycles. The molecule has 0 unspecified atom stereocenters. The van der Waals surface area contributed by atoms with Gasteiger partial charge in [-0.25, -0.2) is 5.10 Å². The number of benzene rings is 1. The van der Waals surface area contributed by atoms with Crippen LogP contribution in [0.5, 0.6) is 5.75 Å². The van der Waals surface area contributed by atoms with Crippen LogP contribution in [-0.4, -0.2) is 28.9 Å². The molecular formula is C14H20N4OS. The summed E-state index contributed by atoms with van der Waals surface area (Å²) in [5.74, 6) is 1.73. The number of hydrogen-bond acceptors (Lipinski definition) is 4. The van der Waals surface area contributed by atoms with E-state index < -0.39 is 0 Å². The van der Waals surface area contributed by atoms with Gasteiger partial charge in [-0.05, 0) is 36.3 Å². The second-order valence-electron chi connectivity index (χ2n) is 4.68. The van der Waals surface area contributed by atoms with Crippen molar-refractivity contribution in [2.75, 3.05) is 19.1 Å². The molecule has 0 atom stereocenters. The molecule has 0 saturated heterocycles. The van der Waals surface area contributed by atoms with Crippen LogP contribution in [0.15, 0.2) is 24.3 Å². The first kappa shape index (κ1) is 14.6. The largest absolute Gasteiger partial charge is 0.497 e. The number of anilines is 1. The first-order chi connectivity index (χ1) is 9.65. The average molecular weight is 292 g/mol. The summed E-state index contributed by atoms with van der Waals surface area (Å²) in [6, 6.07) is 8.04. The number of nitrogens with one attached hydrogen (secondary N) is 1. The third-order valence-electron chi connectivity index (χ3n) is 3.11. The Labute approximate surface area is 124 Å². The van der Waals surface area contributed by atoms with Crippen molar-refractivity contribution in [1.82, 2.24) is 14.8 Å². The van der Waals surface area contributed by atoms with Gasteiger partial charge >= 0.3 is 0 Å². The maximum absolute atomic E-state index is 5.26. The summed E-state index contributed by atoms with van der Waals surface area (Å²) in [6.07, 6.45) is 1.03. The smallest absolute Gasteiger partial charge is 0.225 e. The predicted octanol–water partition coefficient (Wildman–Crippen LogP) is 3.00. The van der Waals surface area contributed by atoms with Gasteiger partial charge in [0, 0.05) is 20.1 Å². The van der Waals surface area contributed by atoms with E-state index in [1.54, 1.807) is 7.11 Å². The van der Waals surface area contributed by atoms with Crippen molar-refractivity contribution in [3.8, 4) is 5.75 Å². The third kappa shape index (κ3) is 3.19. The van der Waals surface area contributed by atoms with Crippen molar-refractivity contribution < 1.29 is 4.74 Å². The maximum Gasteiger partial charge on any atom is 0.225 e. The Bertz CT molecular complexity index is 602. The summed E-state index contributed by atoms with van der Waals surface area (Å²) in [5, 5.41) is 7.17. The van der Waals surface area contributed by atoms with Crippen molar-refractivity contribution >= 4 is 18.2 Å². The molecule has 1 N–H and O–H groups in total. The van der Waals surface area contributed by atoms with Crippen LogP contribution in [0, 0.1) is 4.77 Å². The number of methoxy groups -OCH3 is 1. The molecule has 0 amide bonds. The van der Waals surface area contributed by atoms with E-state index in [0.29, 0.717) is 4.77 Å². The highest BCUT2D eigenvalue weighted by Crippen LogP contribution is 2.16. The average Bonchev–Trinajstić information content (AvgIpc) is 2.82. The van der Waals surface area contributed by atoms with Gasteiger partial charge in [-0.3, -0.25) is 4.57 Å². The molecule has 1 heterocycles. The Balaban J connectivity index is 2.14. The van der Waals surface area contributed by atoms with Crippen molar-refractivity contribution in [3.63, 3.8) is 0 Å². The van der Waals surface area contributed by atoms with Crippen LogP contribution in [0.1, 0.15) is 18.9 Å². The SMILES string of the molecule is CCCn1c(N(C)Cc2ccc(OC)cc2)n[nH]c1=S. The number of aromatic amines is 1. The van der Waals surface area contributed by atoms with E-state index in [1.165, 1.54) is 5.56 Å². The lowest BCUT2D eigenvalue weighted by Crippen LogP contribution is -2.21. The van der Waals surface area contributed by atoms with Gasteiger partial charge in [0.25, 0.3) is 0 Å². The summed E-state index contributed by atoms with van der Waals surface area (Å²) >= 11 is 5.26. The second-order valence-corrected chi connectivity index (χ2v) is 5.07. The van der Waals surface area contributed by atoms with E-state index in [9.17, 15) is 0 Å². The van der Waals surface area contributed by atoms with Gasteiger partial charge in [0.1, 0.15) is 5.75 Å². The molecule has 108 valence electrons. The van der Waals surface area contributed by atoms with Gasteiger partial charge in [0.05, 0.1) is 7.11 Å². The number of aromatic nitrogens is 3. The minimum atomic E-state index is 0.670. The molecule has 2 rings (SSSR count). The summed E-state index contributed by atoms with van der Waals surface area (Å²) in [5.41, 5.74) is 1.20. The van der Waals surface area contributed by atoms with Crippen molar-refractivity contribution in [1.29, 1.82) is 0 Å². The van der Waals surface area contributed by atoms with Gasteiger partial charge in [-0.15, -0.1) is 5.10 Å². The quantitative estimate of drug-likeness (QED) is 0.831. The third-order valence-corrected chi connectivity index (χ3v) is 3.42. The zero-order valence-electron chi connectivity index (χ0n) is 12.1. The summed E-state index contributed by atoms with van der Waals surface area (Å²) < 4.78 is 7.86. The molecular weight excluding hydrogens is 272 g/mol. The molecule has 2 aromatic rings. The lowest BCUT2D eigenvalue weighted by atomic mass is 10.2. The Kier molecular flexibility index (Phi) is 4.79. The maximum atomic E-state index is 5.26. The van der Waals surface area contributed by atoms with Gasteiger partial charge in [0.2, 0.25) is 5.95 Å². The second kappa shape index (κ2) is 6.56. The first-order valence-corrected chi connectivity index (χ1v) is 7.05. The minimum absolute atomic E-state index is 0.670. The minimum Gasteiger partial charge on any atom is -0.497 e. The molecule has 1 aromatic carbocycles. The zero-order chi connectivity index (χ0) is 14.5.